The lowest BCUT2D eigenvalue weighted by molar-refractivity contribution is -0.895. The molecule has 0 aliphatic carbocycles. The molecule has 0 saturated carbocycles. The molecule has 0 aromatic heterocycles. The number of halogens is 2. The summed E-state index contributed by atoms with van der Waals surface area (Å²) < 4.78 is 13.8. The number of hydrogen-bond acceptors (Lipinski definition) is 2. The number of anilines is 1. The SMILES string of the molecule is CC[NH+](CC)CCNC(=O)c1ccc(NC(=O)c2c(F)cccc2Cl)cc1. The summed E-state index contributed by atoms with van der Waals surface area (Å²) in [4.78, 5) is 25.8. The van der Waals surface area contributed by atoms with Gasteiger partial charge in [-0.15, -0.1) is 0 Å². The highest BCUT2D eigenvalue weighted by molar-refractivity contribution is 6.34. The molecule has 3 N–H and O–H groups in total. The molecule has 2 aromatic carbocycles. The highest BCUT2D eigenvalue weighted by Crippen LogP contribution is 2.20. The molecule has 0 radical (unpaired) electrons. The van der Waals surface area contributed by atoms with Crippen LogP contribution in [0.2, 0.25) is 5.02 Å². The number of nitrogens with one attached hydrogen (secondary N) is 3. The van der Waals surface area contributed by atoms with Crippen LogP contribution in [0.4, 0.5) is 10.1 Å². The van der Waals surface area contributed by atoms with Crippen LogP contribution in [0.3, 0.4) is 0 Å². The predicted octanol–water partition coefficient (Wildman–Crippen LogP) is 2.39. The van der Waals surface area contributed by atoms with Crippen molar-refractivity contribution in [2.45, 2.75) is 13.8 Å². The summed E-state index contributed by atoms with van der Waals surface area (Å²) >= 11 is 5.89. The topological polar surface area (TPSA) is 62.6 Å². The molecular weight excluding hydrogens is 369 g/mol. The van der Waals surface area contributed by atoms with Gasteiger partial charge in [-0.1, -0.05) is 17.7 Å². The summed E-state index contributed by atoms with van der Waals surface area (Å²) in [6, 6.07) is 10.5. The minimum atomic E-state index is -0.689. The zero-order valence-corrected chi connectivity index (χ0v) is 16.2. The molecule has 2 rings (SSSR count). The van der Waals surface area contributed by atoms with Crippen molar-refractivity contribution in [1.82, 2.24) is 5.32 Å². The summed E-state index contributed by atoms with van der Waals surface area (Å²) in [6.45, 7) is 7.74. The molecule has 0 bridgehead atoms. The van der Waals surface area contributed by atoms with E-state index < -0.39 is 11.7 Å². The van der Waals surface area contributed by atoms with Gasteiger partial charge < -0.3 is 15.5 Å². The fourth-order valence-electron chi connectivity index (χ4n) is 2.67. The van der Waals surface area contributed by atoms with Crippen LogP contribution in [-0.2, 0) is 0 Å². The maximum absolute atomic E-state index is 13.8. The van der Waals surface area contributed by atoms with Crippen molar-refractivity contribution < 1.29 is 18.9 Å². The number of amides is 2. The van der Waals surface area contributed by atoms with Gasteiger partial charge in [0.1, 0.15) is 5.82 Å². The third-order valence-electron chi connectivity index (χ3n) is 4.36. The molecule has 27 heavy (non-hydrogen) atoms. The maximum Gasteiger partial charge on any atom is 0.260 e. The van der Waals surface area contributed by atoms with Crippen molar-refractivity contribution in [2.75, 3.05) is 31.5 Å². The molecule has 0 aliphatic rings. The normalized spacial score (nSPS) is 10.7. The highest BCUT2D eigenvalue weighted by atomic mass is 35.5. The summed E-state index contributed by atoms with van der Waals surface area (Å²) in [7, 11) is 0. The first-order valence-corrected chi connectivity index (χ1v) is 9.31. The molecule has 144 valence electrons. The van der Waals surface area contributed by atoms with Gasteiger partial charge in [0, 0.05) is 11.3 Å². The quantitative estimate of drug-likeness (QED) is 0.646. The van der Waals surface area contributed by atoms with Gasteiger partial charge in [0.25, 0.3) is 11.8 Å². The molecule has 2 aromatic rings. The molecule has 0 atom stereocenters. The van der Waals surface area contributed by atoms with Crippen LogP contribution < -0.4 is 15.5 Å². The lowest BCUT2D eigenvalue weighted by Gasteiger charge is -2.15. The van der Waals surface area contributed by atoms with E-state index in [9.17, 15) is 14.0 Å². The summed E-state index contributed by atoms with van der Waals surface area (Å²) in [5.74, 6) is -1.50. The average molecular weight is 393 g/mol. The zero-order chi connectivity index (χ0) is 19.8. The predicted molar refractivity (Wildman–Crippen MR) is 105 cm³/mol. The summed E-state index contributed by atoms with van der Waals surface area (Å²) in [6.07, 6.45) is 0. The van der Waals surface area contributed by atoms with Crippen molar-refractivity contribution in [3.05, 3.63) is 64.4 Å². The number of benzene rings is 2. The van der Waals surface area contributed by atoms with Gasteiger partial charge in [-0.05, 0) is 50.2 Å². The van der Waals surface area contributed by atoms with Gasteiger partial charge in [0.05, 0.1) is 36.8 Å². The number of carbonyl (C=O) groups is 2. The Morgan fingerprint density at radius 2 is 1.70 bits per heavy atom. The van der Waals surface area contributed by atoms with Crippen molar-refractivity contribution in [3.8, 4) is 0 Å². The molecular formula is C20H24ClFN3O2+. The first kappa shape index (κ1) is 20.9. The van der Waals surface area contributed by atoms with E-state index in [1.165, 1.54) is 23.1 Å². The van der Waals surface area contributed by atoms with Crippen LogP contribution in [0.25, 0.3) is 0 Å². The van der Waals surface area contributed by atoms with E-state index in [0.29, 0.717) is 17.8 Å². The van der Waals surface area contributed by atoms with E-state index in [-0.39, 0.29) is 16.5 Å². The van der Waals surface area contributed by atoms with Crippen LogP contribution >= 0.6 is 11.6 Å². The van der Waals surface area contributed by atoms with E-state index in [0.717, 1.165) is 19.6 Å². The number of rotatable bonds is 8. The fourth-order valence-corrected chi connectivity index (χ4v) is 2.92. The van der Waals surface area contributed by atoms with Gasteiger partial charge in [0.15, 0.2) is 0 Å². The Hall–Kier alpha value is -2.44. The first-order chi connectivity index (χ1) is 13.0. The second-order valence-electron chi connectivity index (χ2n) is 6.09. The lowest BCUT2D eigenvalue weighted by atomic mass is 10.1. The first-order valence-electron chi connectivity index (χ1n) is 8.93. The van der Waals surface area contributed by atoms with E-state index in [1.807, 2.05) is 0 Å². The van der Waals surface area contributed by atoms with Crippen molar-refractivity contribution in [1.29, 1.82) is 0 Å². The minimum Gasteiger partial charge on any atom is -0.346 e. The Labute approximate surface area is 163 Å². The Morgan fingerprint density at radius 3 is 2.30 bits per heavy atom. The fraction of sp³-hybridized carbons (Fsp3) is 0.300. The van der Waals surface area contributed by atoms with E-state index >= 15 is 0 Å². The number of hydrogen-bond donors (Lipinski definition) is 3. The molecule has 7 heteroatoms. The monoisotopic (exact) mass is 392 g/mol. The van der Waals surface area contributed by atoms with Gasteiger partial charge in [-0.2, -0.15) is 0 Å². The van der Waals surface area contributed by atoms with E-state index in [1.54, 1.807) is 24.3 Å². The van der Waals surface area contributed by atoms with Gasteiger partial charge in [-0.3, -0.25) is 9.59 Å². The Balaban J connectivity index is 1.95. The second kappa shape index (κ2) is 10.0. The van der Waals surface area contributed by atoms with Crippen LogP contribution in [0, 0.1) is 5.82 Å². The van der Waals surface area contributed by atoms with Gasteiger partial charge >= 0.3 is 0 Å². The van der Waals surface area contributed by atoms with Crippen LogP contribution in [0.15, 0.2) is 42.5 Å². The zero-order valence-electron chi connectivity index (χ0n) is 15.4. The second-order valence-corrected chi connectivity index (χ2v) is 6.50. The number of quaternary nitrogens is 1. The van der Waals surface area contributed by atoms with Gasteiger partial charge in [0.2, 0.25) is 0 Å². The molecule has 0 heterocycles. The molecule has 0 spiro atoms. The number of carbonyl (C=O) groups excluding carboxylic acids is 2. The third kappa shape index (κ3) is 5.77. The molecule has 2 amide bonds. The average Bonchev–Trinajstić information content (AvgIpc) is 2.65. The maximum atomic E-state index is 13.8. The highest BCUT2D eigenvalue weighted by Gasteiger charge is 2.16. The minimum absolute atomic E-state index is 0.0406. The Bertz CT molecular complexity index is 772. The molecule has 0 fully saturated rings. The molecule has 0 saturated heterocycles. The van der Waals surface area contributed by atoms with Crippen molar-refractivity contribution in [3.63, 3.8) is 0 Å². The van der Waals surface area contributed by atoms with Gasteiger partial charge in [-0.25, -0.2) is 4.39 Å². The van der Waals surface area contributed by atoms with Crippen molar-refractivity contribution >= 4 is 29.1 Å². The Morgan fingerprint density at radius 1 is 1.04 bits per heavy atom. The summed E-state index contributed by atoms with van der Waals surface area (Å²) in [5, 5.41) is 5.51. The molecule has 0 unspecified atom stereocenters. The lowest BCUT2D eigenvalue weighted by Crippen LogP contribution is -3.12. The van der Waals surface area contributed by atoms with Crippen LogP contribution in [-0.4, -0.2) is 38.0 Å². The molecule has 5 nitrogen and oxygen atoms in total. The van der Waals surface area contributed by atoms with E-state index in [4.69, 9.17) is 11.6 Å². The standard InChI is InChI=1S/C20H23ClFN3O2/c1-3-25(4-2)13-12-23-19(26)14-8-10-15(11-9-14)24-20(27)18-16(21)6-5-7-17(18)22/h5-11H,3-4,12-13H2,1-2H3,(H,23,26)(H,24,27)/p+1. The third-order valence-corrected chi connectivity index (χ3v) is 4.67. The summed E-state index contributed by atoms with van der Waals surface area (Å²) in [5.41, 5.74) is 0.731. The largest absolute Gasteiger partial charge is 0.346 e. The van der Waals surface area contributed by atoms with Crippen molar-refractivity contribution in [2.24, 2.45) is 0 Å². The van der Waals surface area contributed by atoms with Crippen LogP contribution in [0.1, 0.15) is 34.6 Å². The van der Waals surface area contributed by atoms with E-state index in [2.05, 4.69) is 24.5 Å². The van der Waals surface area contributed by atoms with Crippen LogP contribution in [0.5, 0.6) is 0 Å². The number of likely N-dealkylation sites (N-methyl/N-ethyl adjacent to an activating group) is 1. The Kier molecular flexibility index (Phi) is 7.76. The molecule has 0 aliphatic heterocycles. The smallest absolute Gasteiger partial charge is 0.260 e.